The van der Waals surface area contributed by atoms with E-state index in [0.717, 1.165) is 41.0 Å². The molecule has 10 heteroatoms. The van der Waals surface area contributed by atoms with Crippen LogP contribution in [0, 0.1) is 12.7 Å². The minimum absolute atomic E-state index is 0.0108. The molecule has 0 unspecified atom stereocenters. The number of pyridine rings is 2. The van der Waals surface area contributed by atoms with Gasteiger partial charge in [-0.3, -0.25) is 14.4 Å². The van der Waals surface area contributed by atoms with Crippen LogP contribution >= 0.6 is 0 Å². The number of carbonyl (C=O) groups is 3. The molecular weight excluding hydrogens is 561 g/mol. The Bertz CT molecular complexity index is 1840. The van der Waals surface area contributed by atoms with Crippen molar-refractivity contribution in [3.05, 3.63) is 114 Å². The number of aldehydes is 1. The van der Waals surface area contributed by atoms with Gasteiger partial charge in [0.15, 0.2) is 0 Å². The van der Waals surface area contributed by atoms with Gasteiger partial charge in [0.1, 0.15) is 34.8 Å². The number of nitrogens with zero attached hydrogens (tertiary/aromatic N) is 3. The Hall–Kier alpha value is -5.38. The first-order valence-corrected chi connectivity index (χ1v) is 14.4. The fourth-order valence-corrected chi connectivity index (χ4v) is 5.44. The van der Waals surface area contributed by atoms with Crippen LogP contribution in [0.4, 0.5) is 4.39 Å². The number of imidazole rings is 1. The number of aromatic nitrogens is 3. The Morgan fingerprint density at radius 1 is 0.909 bits per heavy atom. The number of ether oxygens (including phenoxy) is 1. The summed E-state index contributed by atoms with van der Waals surface area (Å²) in [5.41, 5.74) is 4.35. The van der Waals surface area contributed by atoms with Crippen LogP contribution in [0.1, 0.15) is 62.6 Å². The molecule has 1 aliphatic rings. The van der Waals surface area contributed by atoms with Gasteiger partial charge < -0.3 is 19.8 Å². The van der Waals surface area contributed by atoms with Gasteiger partial charge in [-0.15, -0.1) is 0 Å². The van der Waals surface area contributed by atoms with E-state index in [2.05, 4.69) is 20.6 Å². The number of amides is 2. The molecule has 3 heterocycles. The van der Waals surface area contributed by atoms with Crippen molar-refractivity contribution in [2.75, 3.05) is 0 Å². The standard InChI is InChI=1S/C34H30FN5O4/c1-21-4-2-7-31-39-30(19-40(21)31)33(43)38-27-14-12-26(13-15-27)37-32(42)29-17-25(35)18-36-34(29)44-28-6-3-5-24(16-28)23-10-8-22(20-41)9-11-23/h2-11,16-20,26-27H,12-15H2,1H3,(H,37,42)(H,38,43)/t26-,27-. The van der Waals surface area contributed by atoms with Gasteiger partial charge >= 0.3 is 0 Å². The van der Waals surface area contributed by atoms with E-state index in [1.807, 2.05) is 47.7 Å². The average molecular weight is 592 g/mol. The Kier molecular flexibility index (Phi) is 8.14. The minimum Gasteiger partial charge on any atom is -0.438 e. The van der Waals surface area contributed by atoms with Crippen molar-refractivity contribution in [2.24, 2.45) is 0 Å². The summed E-state index contributed by atoms with van der Waals surface area (Å²) in [5, 5.41) is 6.05. The fraction of sp³-hybridized carbons (Fsp3) is 0.206. The van der Waals surface area contributed by atoms with Crippen LogP contribution in [0.5, 0.6) is 11.6 Å². The molecule has 0 bridgehead atoms. The van der Waals surface area contributed by atoms with Gasteiger partial charge in [0.2, 0.25) is 5.88 Å². The predicted molar refractivity (Wildman–Crippen MR) is 162 cm³/mol. The molecule has 3 aromatic heterocycles. The molecule has 2 N–H and O–H groups in total. The van der Waals surface area contributed by atoms with Crippen molar-refractivity contribution < 1.29 is 23.5 Å². The van der Waals surface area contributed by atoms with Gasteiger partial charge in [-0.25, -0.2) is 14.4 Å². The molecule has 0 atom stereocenters. The van der Waals surface area contributed by atoms with E-state index in [-0.39, 0.29) is 29.4 Å². The Morgan fingerprint density at radius 2 is 1.61 bits per heavy atom. The number of aryl methyl sites for hydroxylation is 1. The lowest BCUT2D eigenvalue weighted by Gasteiger charge is -2.29. The van der Waals surface area contributed by atoms with Crippen LogP contribution in [0.3, 0.4) is 0 Å². The van der Waals surface area contributed by atoms with E-state index in [0.29, 0.717) is 42.7 Å². The number of benzene rings is 2. The summed E-state index contributed by atoms with van der Waals surface area (Å²) in [4.78, 5) is 45.6. The number of halogens is 1. The second-order valence-electron chi connectivity index (χ2n) is 10.9. The highest BCUT2D eigenvalue weighted by molar-refractivity contribution is 5.96. The van der Waals surface area contributed by atoms with Crippen molar-refractivity contribution in [1.29, 1.82) is 0 Å². The third-order valence-corrected chi connectivity index (χ3v) is 7.82. The second-order valence-corrected chi connectivity index (χ2v) is 10.9. The summed E-state index contributed by atoms with van der Waals surface area (Å²) in [6, 6.07) is 20.9. The maximum Gasteiger partial charge on any atom is 0.271 e. The molecule has 0 spiro atoms. The normalized spacial score (nSPS) is 16.3. The molecule has 1 saturated carbocycles. The van der Waals surface area contributed by atoms with E-state index >= 15 is 0 Å². The molecule has 5 aromatic rings. The number of fused-ring (bicyclic) bond motifs is 1. The Labute approximate surface area is 253 Å². The number of hydrogen-bond donors (Lipinski definition) is 2. The van der Waals surface area contributed by atoms with E-state index in [1.54, 1.807) is 36.5 Å². The number of rotatable bonds is 8. The summed E-state index contributed by atoms with van der Waals surface area (Å²) in [5.74, 6) is -0.955. The van der Waals surface area contributed by atoms with E-state index in [4.69, 9.17) is 4.74 Å². The van der Waals surface area contributed by atoms with E-state index in [1.165, 1.54) is 0 Å². The average Bonchev–Trinajstić information content (AvgIpc) is 3.49. The van der Waals surface area contributed by atoms with Crippen molar-refractivity contribution in [2.45, 2.75) is 44.7 Å². The zero-order chi connectivity index (χ0) is 30.6. The molecule has 2 amide bonds. The van der Waals surface area contributed by atoms with Crippen molar-refractivity contribution in [3.8, 4) is 22.8 Å². The Balaban J connectivity index is 1.08. The molecule has 0 saturated heterocycles. The summed E-state index contributed by atoms with van der Waals surface area (Å²) in [6.45, 7) is 1.96. The molecular formula is C34H30FN5O4. The molecule has 9 nitrogen and oxygen atoms in total. The smallest absolute Gasteiger partial charge is 0.271 e. The number of hydrogen-bond acceptors (Lipinski definition) is 6. The molecule has 222 valence electrons. The molecule has 0 aliphatic heterocycles. The summed E-state index contributed by atoms with van der Waals surface area (Å²) in [7, 11) is 0. The van der Waals surface area contributed by atoms with Crippen LogP contribution < -0.4 is 15.4 Å². The topological polar surface area (TPSA) is 115 Å². The molecule has 0 radical (unpaired) electrons. The highest BCUT2D eigenvalue weighted by Gasteiger charge is 2.26. The Morgan fingerprint density at radius 3 is 2.32 bits per heavy atom. The highest BCUT2D eigenvalue weighted by Crippen LogP contribution is 2.29. The first-order chi connectivity index (χ1) is 21.4. The molecule has 2 aromatic carbocycles. The predicted octanol–water partition coefficient (Wildman–Crippen LogP) is 5.92. The van der Waals surface area contributed by atoms with Crippen LogP contribution in [0.15, 0.2) is 85.2 Å². The first-order valence-electron chi connectivity index (χ1n) is 14.4. The van der Waals surface area contributed by atoms with Crippen molar-refractivity contribution in [3.63, 3.8) is 0 Å². The lowest BCUT2D eigenvalue weighted by molar-refractivity contribution is 0.0888. The third kappa shape index (κ3) is 6.34. The second kappa shape index (κ2) is 12.5. The van der Waals surface area contributed by atoms with Crippen LogP contribution in [-0.4, -0.2) is 44.6 Å². The number of carbonyl (C=O) groups excluding carboxylic acids is 3. The highest BCUT2D eigenvalue weighted by atomic mass is 19.1. The lowest BCUT2D eigenvalue weighted by atomic mass is 9.91. The summed E-state index contributed by atoms with van der Waals surface area (Å²) in [6.07, 6.45) is 6.16. The van der Waals surface area contributed by atoms with Gasteiger partial charge in [-0.05, 0) is 74.1 Å². The molecule has 1 fully saturated rings. The number of nitrogens with one attached hydrogen (secondary N) is 2. The van der Waals surface area contributed by atoms with Crippen LogP contribution in [0.2, 0.25) is 0 Å². The van der Waals surface area contributed by atoms with Crippen molar-refractivity contribution >= 4 is 23.7 Å². The molecule has 1 aliphatic carbocycles. The van der Waals surface area contributed by atoms with Gasteiger partial charge in [0.05, 0.1) is 6.20 Å². The monoisotopic (exact) mass is 591 g/mol. The van der Waals surface area contributed by atoms with Crippen molar-refractivity contribution in [1.82, 2.24) is 25.0 Å². The maximum absolute atomic E-state index is 14.2. The fourth-order valence-electron chi connectivity index (χ4n) is 5.44. The van der Waals surface area contributed by atoms with Gasteiger partial charge in [-0.1, -0.05) is 42.5 Å². The van der Waals surface area contributed by atoms with Gasteiger partial charge in [0.25, 0.3) is 11.8 Å². The largest absolute Gasteiger partial charge is 0.438 e. The van der Waals surface area contributed by atoms with E-state index < -0.39 is 11.7 Å². The van der Waals surface area contributed by atoms with Crippen LogP contribution in [0.25, 0.3) is 16.8 Å². The maximum atomic E-state index is 14.2. The lowest BCUT2D eigenvalue weighted by Crippen LogP contribution is -2.44. The van der Waals surface area contributed by atoms with E-state index in [9.17, 15) is 18.8 Å². The first kappa shape index (κ1) is 28.7. The zero-order valence-corrected chi connectivity index (χ0v) is 24.0. The van der Waals surface area contributed by atoms with Gasteiger partial charge in [-0.2, -0.15) is 0 Å². The summed E-state index contributed by atoms with van der Waals surface area (Å²) >= 11 is 0. The molecule has 44 heavy (non-hydrogen) atoms. The minimum atomic E-state index is -0.653. The zero-order valence-electron chi connectivity index (χ0n) is 24.0. The molecule has 6 rings (SSSR count). The van der Waals surface area contributed by atoms with Gasteiger partial charge in [0, 0.05) is 29.5 Å². The van der Waals surface area contributed by atoms with Crippen LogP contribution in [-0.2, 0) is 0 Å². The quantitative estimate of drug-likeness (QED) is 0.217. The third-order valence-electron chi connectivity index (χ3n) is 7.82. The SMILES string of the molecule is Cc1cccc2nc(C(=O)N[C@H]3CC[C@H](NC(=O)c4cc(F)cnc4Oc4cccc(-c5ccc(C=O)cc5)c4)CC3)cn12. The summed E-state index contributed by atoms with van der Waals surface area (Å²) < 4.78 is 22.0.